The van der Waals surface area contributed by atoms with E-state index in [-0.39, 0.29) is 21.4 Å². The van der Waals surface area contributed by atoms with Crippen LogP contribution in [0.15, 0.2) is 69.6 Å². The smallest absolute Gasteiger partial charge is 0.338 e. The average Bonchev–Trinajstić information content (AvgIpc) is 3.21. The number of rotatable bonds is 5. The van der Waals surface area contributed by atoms with Crippen molar-refractivity contribution in [2.24, 2.45) is 4.99 Å². The maximum absolute atomic E-state index is 13.5. The van der Waals surface area contributed by atoms with Gasteiger partial charge in [0, 0.05) is 13.0 Å². The molecule has 13 heteroatoms. The highest BCUT2D eigenvalue weighted by molar-refractivity contribution is 7.07. The highest BCUT2D eigenvalue weighted by atomic mass is 32.1. The number of para-hydroxylation sites is 1. The Balaban J connectivity index is 0.000000983. The predicted octanol–water partition coefficient (Wildman–Crippen LogP) is 2.19. The lowest BCUT2D eigenvalue weighted by Crippen LogP contribution is -2.39. The fourth-order valence-electron chi connectivity index (χ4n) is 3.84. The molecule has 0 spiro atoms. The third kappa shape index (κ3) is 6.15. The third-order valence-corrected chi connectivity index (χ3v) is 6.48. The Morgan fingerprint density at radius 1 is 1.08 bits per heavy atom. The molecule has 12 nitrogen and oxygen atoms in total. The van der Waals surface area contributed by atoms with E-state index in [1.165, 1.54) is 43.1 Å². The first kappa shape index (κ1) is 28.7. The lowest BCUT2D eigenvalue weighted by Gasteiger charge is -2.24. The number of carboxylic acid groups (broad SMARTS) is 1. The van der Waals surface area contributed by atoms with E-state index in [4.69, 9.17) is 19.4 Å². The molecule has 3 aromatic rings. The number of thiazole rings is 1. The minimum Gasteiger partial charge on any atom is -0.481 e. The number of ether oxygens (including phenoxy) is 2. The molecule has 0 saturated carbocycles. The van der Waals surface area contributed by atoms with Gasteiger partial charge in [-0.2, -0.15) is 0 Å². The van der Waals surface area contributed by atoms with Gasteiger partial charge in [0.1, 0.15) is 0 Å². The molecule has 0 fully saturated rings. The molecule has 1 N–H and O–H groups in total. The van der Waals surface area contributed by atoms with Gasteiger partial charge in [0.05, 0.1) is 52.1 Å². The van der Waals surface area contributed by atoms with Crippen LogP contribution in [0.5, 0.6) is 0 Å². The zero-order valence-corrected chi connectivity index (χ0v) is 22.1. The van der Waals surface area contributed by atoms with Gasteiger partial charge in [0.15, 0.2) is 4.80 Å². The number of nitrogens with zero attached hydrogens (tertiary/aromatic N) is 3. The van der Waals surface area contributed by atoms with Gasteiger partial charge in [-0.1, -0.05) is 35.6 Å². The van der Waals surface area contributed by atoms with Crippen LogP contribution < -0.4 is 14.9 Å². The van der Waals surface area contributed by atoms with Gasteiger partial charge in [0.25, 0.3) is 17.2 Å². The van der Waals surface area contributed by atoms with Crippen molar-refractivity contribution in [1.82, 2.24) is 4.57 Å². The molecule has 1 aliphatic heterocycles. The molecule has 202 valence electrons. The molecule has 0 saturated heterocycles. The van der Waals surface area contributed by atoms with E-state index in [9.17, 15) is 24.5 Å². The number of hydrogen-bond donors (Lipinski definition) is 1. The standard InChI is InChI=1S/C24H19N3O7S.C2H4O2/c1-13-19(23(30)34-3)20(14-8-10-15(11-9-14)22(29)33-2)26-21(28)18(35-24(26)25-13)12-16-6-4-5-7-17(16)27(31)32;1-2(3)4/h4-12,20H,1-3H3;1H3,(H,3,4)/b18-12+;. The summed E-state index contributed by atoms with van der Waals surface area (Å²) >= 11 is 1.06. The largest absolute Gasteiger partial charge is 0.481 e. The van der Waals surface area contributed by atoms with Gasteiger partial charge >= 0.3 is 11.9 Å². The molecule has 0 aliphatic carbocycles. The number of nitro benzene ring substituents is 1. The highest BCUT2D eigenvalue weighted by Crippen LogP contribution is 2.31. The van der Waals surface area contributed by atoms with E-state index in [1.54, 1.807) is 37.3 Å². The van der Waals surface area contributed by atoms with E-state index in [2.05, 4.69) is 4.99 Å². The average molecular weight is 554 g/mol. The number of esters is 2. The Morgan fingerprint density at radius 3 is 2.23 bits per heavy atom. The van der Waals surface area contributed by atoms with Gasteiger partial charge in [-0.25, -0.2) is 14.6 Å². The maximum atomic E-state index is 13.5. The Hall–Kier alpha value is -4.91. The van der Waals surface area contributed by atoms with Crippen LogP contribution in [0.2, 0.25) is 0 Å². The Bertz CT molecular complexity index is 1660. The second-order valence-electron chi connectivity index (χ2n) is 8.02. The number of nitro groups is 1. The molecule has 1 aliphatic rings. The lowest BCUT2D eigenvalue weighted by molar-refractivity contribution is -0.385. The van der Waals surface area contributed by atoms with Gasteiger partial charge < -0.3 is 14.6 Å². The summed E-state index contributed by atoms with van der Waals surface area (Å²) in [6, 6.07) is 11.5. The number of aromatic nitrogens is 1. The van der Waals surface area contributed by atoms with Crippen LogP contribution in [0.1, 0.15) is 41.4 Å². The second kappa shape index (κ2) is 12.1. The van der Waals surface area contributed by atoms with Crippen molar-refractivity contribution in [2.75, 3.05) is 14.2 Å². The van der Waals surface area contributed by atoms with Crippen LogP contribution in [0.3, 0.4) is 0 Å². The number of hydrogen-bond acceptors (Lipinski definition) is 10. The van der Waals surface area contributed by atoms with E-state index >= 15 is 0 Å². The van der Waals surface area contributed by atoms with Gasteiger partial charge in [-0.3, -0.25) is 24.3 Å². The Kier molecular flexibility index (Phi) is 8.88. The van der Waals surface area contributed by atoms with Crippen molar-refractivity contribution in [1.29, 1.82) is 0 Å². The van der Waals surface area contributed by atoms with Crippen molar-refractivity contribution in [3.05, 3.63) is 106 Å². The molecule has 1 unspecified atom stereocenters. The third-order valence-electron chi connectivity index (χ3n) is 5.49. The first-order chi connectivity index (χ1) is 18.5. The monoisotopic (exact) mass is 553 g/mol. The van der Waals surface area contributed by atoms with Gasteiger partial charge in [0.2, 0.25) is 0 Å². The molecular formula is C26H23N3O9S. The molecule has 0 radical (unpaired) electrons. The summed E-state index contributed by atoms with van der Waals surface area (Å²) in [5.41, 5.74) is 1.06. The summed E-state index contributed by atoms with van der Waals surface area (Å²) in [6.07, 6.45) is 1.44. The summed E-state index contributed by atoms with van der Waals surface area (Å²) in [5, 5.41) is 18.8. The summed E-state index contributed by atoms with van der Waals surface area (Å²) in [4.78, 5) is 62.8. The predicted molar refractivity (Wildman–Crippen MR) is 140 cm³/mol. The zero-order chi connectivity index (χ0) is 28.9. The van der Waals surface area contributed by atoms with Gasteiger partial charge in [-0.15, -0.1) is 0 Å². The molecular weight excluding hydrogens is 530 g/mol. The number of aliphatic carboxylic acids is 1. The van der Waals surface area contributed by atoms with Crippen LogP contribution in [-0.4, -0.2) is 46.7 Å². The molecule has 2 aromatic carbocycles. The zero-order valence-electron chi connectivity index (χ0n) is 21.2. The highest BCUT2D eigenvalue weighted by Gasteiger charge is 2.33. The number of methoxy groups -OCH3 is 2. The SMILES string of the molecule is CC(=O)O.COC(=O)C1=C(C)N=c2s/c(=C/c3ccccc3[N+](=O)[O-])c(=O)n2C1c1ccc(C(=O)OC)cc1. The summed E-state index contributed by atoms with van der Waals surface area (Å²) < 4.78 is 11.3. The Labute approximate surface area is 224 Å². The van der Waals surface area contributed by atoms with E-state index < -0.39 is 34.4 Å². The minimum atomic E-state index is -0.877. The topological polar surface area (TPSA) is 167 Å². The first-order valence-electron chi connectivity index (χ1n) is 11.2. The van der Waals surface area contributed by atoms with Crippen LogP contribution in [-0.2, 0) is 19.1 Å². The van der Waals surface area contributed by atoms with Crippen LogP contribution >= 0.6 is 11.3 Å². The summed E-state index contributed by atoms with van der Waals surface area (Å²) in [6.45, 7) is 2.72. The van der Waals surface area contributed by atoms with Crippen LogP contribution in [0.25, 0.3) is 6.08 Å². The lowest BCUT2D eigenvalue weighted by atomic mass is 9.95. The normalized spacial score (nSPS) is 14.4. The van der Waals surface area contributed by atoms with Crippen molar-refractivity contribution in [3.63, 3.8) is 0 Å². The fourth-order valence-corrected chi connectivity index (χ4v) is 4.88. The van der Waals surface area contributed by atoms with Crippen LogP contribution in [0, 0.1) is 10.1 Å². The molecule has 2 heterocycles. The maximum Gasteiger partial charge on any atom is 0.338 e. The summed E-state index contributed by atoms with van der Waals surface area (Å²) in [7, 11) is 2.51. The van der Waals surface area contributed by atoms with Crippen molar-refractivity contribution in [2.45, 2.75) is 19.9 Å². The van der Waals surface area contributed by atoms with E-state index in [1.807, 2.05) is 0 Å². The molecule has 0 bridgehead atoms. The number of carbonyl (C=O) groups excluding carboxylic acids is 2. The quantitative estimate of drug-likeness (QED) is 0.283. The van der Waals surface area contributed by atoms with Crippen LogP contribution in [0.4, 0.5) is 5.69 Å². The number of carbonyl (C=O) groups is 3. The molecule has 39 heavy (non-hydrogen) atoms. The number of carboxylic acids is 1. The minimum absolute atomic E-state index is 0.139. The number of fused-ring (bicyclic) bond motifs is 1. The van der Waals surface area contributed by atoms with Crippen molar-refractivity contribution >= 4 is 41.0 Å². The molecule has 0 amide bonds. The van der Waals surface area contributed by atoms with Crippen molar-refractivity contribution < 1.29 is 33.9 Å². The van der Waals surface area contributed by atoms with Gasteiger partial charge in [-0.05, 0) is 36.8 Å². The van der Waals surface area contributed by atoms with E-state index in [0.29, 0.717) is 21.6 Å². The first-order valence-corrected chi connectivity index (χ1v) is 12.0. The fraction of sp³-hybridized carbons (Fsp3) is 0.192. The molecule has 1 atom stereocenters. The van der Waals surface area contributed by atoms with E-state index in [0.717, 1.165) is 18.3 Å². The van der Waals surface area contributed by atoms with Crippen molar-refractivity contribution in [3.8, 4) is 0 Å². The number of allylic oxidation sites excluding steroid dienone is 1. The number of benzene rings is 2. The Morgan fingerprint density at radius 2 is 1.67 bits per heavy atom. The second-order valence-corrected chi connectivity index (χ2v) is 9.03. The summed E-state index contributed by atoms with van der Waals surface area (Å²) in [5.74, 6) is -2.01. The molecule has 4 rings (SSSR count). The molecule has 1 aromatic heterocycles.